The molecule has 0 saturated carbocycles. The number of hydrogen-bond acceptors (Lipinski definition) is 4. The van der Waals surface area contributed by atoms with Crippen molar-refractivity contribution in [2.45, 2.75) is 11.8 Å². The third kappa shape index (κ3) is 2.68. The second-order valence-electron chi connectivity index (χ2n) is 3.97. The predicted octanol–water partition coefficient (Wildman–Crippen LogP) is 1.38. The maximum atomic E-state index is 12.3. The van der Waals surface area contributed by atoms with Crippen LogP contribution >= 0.6 is 15.9 Å². The maximum absolute atomic E-state index is 12.3. The zero-order chi connectivity index (χ0) is 14.9. The highest BCUT2D eigenvalue weighted by atomic mass is 79.9. The lowest BCUT2D eigenvalue weighted by molar-refractivity contribution is 0.0996. The molecule has 1 aromatic carbocycles. The van der Waals surface area contributed by atoms with Gasteiger partial charge in [0.25, 0.3) is 15.9 Å². The molecule has 0 aliphatic heterocycles. The van der Waals surface area contributed by atoms with Gasteiger partial charge < -0.3 is 5.73 Å². The number of nitrogens with two attached hydrogens (primary N) is 1. The fourth-order valence-corrected chi connectivity index (χ4v) is 3.72. The summed E-state index contributed by atoms with van der Waals surface area (Å²) in [6.45, 7) is 1.58. The highest BCUT2D eigenvalue weighted by molar-refractivity contribution is 9.10. The number of hydrogen-bond donors (Lipinski definition) is 3. The average Bonchev–Trinajstić information content (AvgIpc) is 2.71. The van der Waals surface area contributed by atoms with Gasteiger partial charge in [0.15, 0.2) is 5.69 Å². The Hall–Kier alpha value is -1.87. The smallest absolute Gasteiger partial charge is 0.271 e. The molecule has 1 amide bonds. The number of nitrogens with one attached hydrogen (secondary N) is 2. The summed E-state index contributed by atoms with van der Waals surface area (Å²) < 4.78 is 27.4. The molecule has 106 valence electrons. The van der Waals surface area contributed by atoms with E-state index in [1.54, 1.807) is 25.1 Å². The third-order valence-electron chi connectivity index (χ3n) is 2.54. The molecule has 20 heavy (non-hydrogen) atoms. The zero-order valence-electron chi connectivity index (χ0n) is 10.3. The van der Waals surface area contributed by atoms with E-state index in [0.29, 0.717) is 10.2 Å². The van der Waals surface area contributed by atoms with Crippen LogP contribution in [0, 0.1) is 6.92 Å². The SMILES string of the molecule is Cc1[nH]nc(C(N)=O)c1NS(=O)(=O)c1ccccc1Br. The number of carbonyl (C=O) groups excluding carboxylic acids is 1. The van der Waals surface area contributed by atoms with Gasteiger partial charge in [-0.25, -0.2) is 8.42 Å². The molecule has 0 unspecified atom stereocenters. The number of primary amides is 1. The molecule has 2 rings (SSSR count). The molecule has 9 heteroatoms. The number of aromatic amines is 1. The predicted molar refractivity (Wildman–Crippen MR) is 76.8 cm³/mol. The minimum atomic E-state index is -3.86. The Bertz CT molecular complexity index is 770. The molecule has 1 aromatic heterocycles. The Balaban J connectivity index is 2.47. The van der Waals surface area contributed by atoms with Gasteiger partial charge in [-0.15, -0.1) is 0 Å². The Kier molecular flexibility index (Phi) is 3.82. The number of rotatable bonds is 4. The summed E-state index contributed by atoms with van der Waals surface area (Å²) in [6.07, 6.45) is 0. The topological polar surface area (TPSA) is 118 Å². The number of carbonyl (C=O) groups is 1. The van der Waals surface area contributed by atoms with Gasteiger partial charge in [-0.3, -0.25) is 14.6 Å². The number of H-pyrrole nitrogens is 1. The Morgan fingerprint density at radius 1 is 1.40 bits per heavy atom. The van der Waals surface area contributed by atoms with Gasteiger partial charge in [0, 0.05) is 4.47 Å². The van der Waals surface area contributed by atoms with E-state index in [9.17, 15) is 13.2 Å². The fraction of sp³-hybridized carbons (Fsp3) is 0.0909. The molecule has 2 aromatic rings. The van der Waals surface area contributed by atoms with Crippen molar-refractivity contribution in [1.29, 1.82) is 0 Å². The number of amides is 1. The fourth-order valence-electron chi connectivity index (χ4n) is 1.58. The van der Waals surface area contributed by atoms with E-state index in [4.69, 9.17) is 5.73 Å². The molecule has 0 spiro atoms. The van der Waals surface area contributed by atoms with Crippen molar-refractivity contribution in [1.82, 2.24) is 10.2 Å². The second-order valence-corrected chi connectivity index (χ2v) is 6.48. The number of sulfonamides is 1. The van der Waals surface area contributed by atoms with Gasteiger partial charge in [-0.1, -0.05) is 12.1 Å². The molecule has 0 atom stereocenters. The van der Waals surface area contributed by atoms with Crippen molar-refractivity contribution in [3.63, 3.8) is 0 Å². The van der Waals surface area contributed by atoms with Crippen LogP contribution in [0.25, 0.3) is 0 Å². The minimum absolute atomic E-state index is 0.0493. The van der Waals surface area contributed by atoms with Crippen molar-refractivity contribution in [2.24, 2.45) is 5.73 Å². The third-order valence-corrected chi connectivity index (χ3v) is 4.91. The summed E-state index contributed by atoms with van der Waals surface area (Å²) in [4.78, 5) is 11.3. The van der Waals surface area contributed by atoms with E-state index in [2.05, 4.69) is 30.8 Å². The summed E-state index contributed by atoms with van der Waals surface area (Å²) in [6, 6.07) is 6.33. The monoisotopic (exact) mass is 358 g/mol. The Morgan fingerprint density at radius 3 is 2.65 bits per heavy atom. The van der Waals surface area contributed by atoms with Crippen molar-refractivity contribution in [3.8, 4) is 0 Å². The van der Waals surface area contributed by atoms with Crippen LogP contribution in [0.3, 0.4) is 0 Å². The number of aromatic nitrogens is 2. The van der Waals surface area contributed by atoms with Crippen LogP contribution in [0.5, 0.6) is 0 Å². The van der Waals surface area contributed by atoms with Crippen LogP contribution in [0.15, 0.2) is 33.6 Å². The quantitative estimate of drug-likeness (QED) is 0.764. The van der Waals surface area contributed by atoms with Gasteiger partial charge >= 0.3 is 0 Å². The Morgan fingerprint density at radius 2 is 2.05 bits per heavy atom. The molecule has 1 heterocycles. The van der Waals surface area contributed by atoms with Crippen molar-refractivity contribution >= 4 is 37.5 Å². The van der Waals surface area contributed by atoms with Gasteiger partial charge in [0.1, 0.15) is 10.6 Å². The van der Waals surface area contributed by atoms with Crippen LogP contribution in [0.4, 0.5) is 5.69 Å². The van der Waals surface area contributed by atoms with E-state index in [-0.39, 0.29) is 16.3 Å². The normalized spacial score (nSPS) is 11.3. The summed E-state index contributed by atoms with van der Waals surface area (Å²) in [5.74, 6) is -0.820. The molecule has 4 N–H and O–H groups in total. The molecule has 7 nitrogen and oxygen atoms in total. The average molecular weight is 359 g/mol. The van der Waals surface area contributed by atoms with Gasteiger partial charge in [0.05, 0.1) is 5.69 Å². The lowest BCUT2D eigenvalue weighted by atomic mass is 10.3. The van der Waals surface area contributed by atoms with E-state index in [0.717, 1.165) is 0 Å². The van der Waals surface area contributed by atoms with E-state index < -0.39 is 15.9 Å². The standard InChI is InChI=1S/C11H11BrN4O3S/c1-6-9(10(11(13)17)15-14-6)16-20(18,19)8-5-3-2-4-7(8)12/h2-5,16H,1H3,(H2,13,17)(H,14,15). The van der Waals surface area contributed by atoms with Gasteiger partial charge in [-0.2, -0.15) is 5.10 Å². The molecule has 0 fully saturated rings. The molecular formula is C11H11BrN4O3S. The highest BCUT2D eigenvalue weighted by Gasteiger charge is 2.23. The van der Waals surface area contributed by atoms with E-state index in [1.165, 1.54) is 6.07 Å². The minimum Gasteiger partial charge on any atom is -0.364 e. The van der Waals surface area contributed by atoms with Crippen LogP contribution < -0.4 is 10.5 Å². The van der Waals surface area contributed by atoms with Crippen molar-refractivity contribution in [3.05, 3.63) is 40.1 Å². The first-order valence-corrected chi connectivity index (χ1v) is 7.72. The van der Waals surface area contributed by atoms with Crippen LogP contribution in [-0.2, 0) is 10.0 Å². The van der Waals surface area contributed by atoms with Crippen molar-refractivity contribution in [2.75, 3.05) is 4.72 Å². The van der Waals surface area contributed by atoms with E-state index >= 15 is 0 Å². The molecule has 0 radical (unpaired) electrons. The second kappa shape index (κ2) is 5.25. The lowest BCUT2D eigenvalue weighted by Crippen LogP contribution is -2.19. The summed E-state index contributed by atoms with van der Waals surface area (Å²) in [5, 5.41) is 6.20. The first-order valence-electron chi connectivity index (χ1n) is 5.45. The van der Waals surface area contributed by atoms with Crippen LogP contribution in [0.2, 0.25) is 0 Å². The first-order chi connectivity index (χ1) is 9.33. The maximum Gasteiger partial charge on any atom is 0.271 e. The molecule has 0 aliphatic carbocycles. The highest BCUT2D eigenvalue weighted by Crippen LogP contribution is 2.26. The number of halogens is 1. The summed E-state index contributed by atoms with van der Waals surface area (Å²) >= 11 is 3.17. The van der Waals surface area contributed by atoms with Gasteiger partial charge in [-0.05, 0) is 35.0 Å². The van der Waals surface area contributed by atoms with Crippen LogP contribution in [0.1, 0.15) is 16.2 Å². The molecular weight excluding hydrogens is 348 g/mol. The molecule has 0 aliphatic rings. The largest absolute Gasteiger partial charge is 0.364 e. The number of nitrogens with zero attached hydrogens (tertiary/aromatic N) is 1. The molecule has 0 bridgehead atoms. The summed E-state index contributed by atoms with van der Waals surface area (Å²) in [5.41, 5.74) is 5.44. The van der Waals surface area contributed by atoms with Crippen molar-refractivity contribution < 1.29 is 13.2 Å². The first kappa shape index (κ1) is 14.5. The summed E-state index contributed by atoms with van der Waals surface area (Å²) in [7, 11) is -3.86. The number of aryl methyl sites for hydroxylation is 1. The molecule has 0 saturated heterocycles. The number of benzene rings is 1. The Labute approximate surface area is 123 Å². The van der Waals surface area contributed by atoms with Gasteiger partial charge in [0.2, 0.25) is 0 Å². The van der Waals surface area contributed by atoms with Crippen LogP contribution in [-0.4, -0.2) is 24.5 Å². The lowest BCUT2D eigenvalue weighted by Gasteiger charge is -2.09. The zero-order valence-corrected chi connectivity index (χ0v) is 12.7. The van der Waals surface area contributed by atoms with E-state index in [1.807, 2.05) is 0 Å². The number of anilines is 1.